The molecule has 29 heavy (non-hydrogen) atoms. The zero-order chi connectivity index (χ0) is 20.2. The lowest BCUT2D eigenvalue weighted by atomic mass is 9.94. The third-order valence-corrected chi connectivity index (χ3v) is 5.84. The largest absolute Gasteiger partial charge is 0.389 e. The number of pyridine rings is 1. The van der Waals surface area contributed by atoms with Gasteiger partial charge in [-0.3, -0.25) is 14.6 Å². The van der Waals surface area contributed by atoms with E-state index in [0.29, 0.717) is 19.6 Å². The van der Waals surface area contributed by atoms with Crippen molar-refractivity contribution in [3.63, 3.8) is 0 Å². The summed E-state index contributed by atoms with van der Waals surface area (Å²) >= 11 is 0. The molecule has 3 heterocycles. The molecule has 4 rings (SSSR count). The van der Waals surface area contributed by atoms with Crippen LogP contribution in [0.4, 0.5) is 0 Å². The number of nitrogens with one attached hydrogen (secondary N) is 1. The molecule has 2 N–H and O–H groups in total. The molecule has 0 aromatic carbocycles. The molecule has 4 atom stereocenters. The molecule has 1 aliphatic carbocycles. The zero-order valence-corrected chi connectivity index (χ0v) is 16.5. The summed E-state index contributed by atoms with van der Waals surface area (Å²) in [6.45, 7) is 1.27. The van der Waals surface area contributed by atoms with E-state index < -0.39 is 6.10 Å². The van der Waals surface area contributed by atoms with Gasteiger partial charge in [-0.2, -0.15) is 0 Å². The Morgan fingerprint density at radius 2 is 1.97 bits per heavy atom. The molecule has 1 saturated carbocycles. The Morgan fingerprint density at radius 3 is 2.72 bits per heavy atom. The van der Waals surface area contributed by atoms with Gasteiger partial charge in [-0.25, -0.2) is 0 Å². The summed E-state index contributed by atoms with van der Waals surface area (Å²) in [6.07, 6.45) is 5.87. The summed E-state index contributed by atoms with van der Waals surface area (Å²) in [4.78, 5) is 30.9. The lowest BCUT2D eigenvalue weighted by Crippen LogP contribution is -2.57. The molecule has 0 unspecified atom stereocenters. The number of fused-ring (bicyclic) bond motifs is 1. The SMILES string of the molecule is O=C(C[C@@H]1CC[C@@H]2[C@H](COC[C@@H](O)CN2C(=O)C2CC2)O1)NCc1ccncc1. The van der Waals surface area contributed by atoms with Crippen LogP contribution in [0.15, 0.2) is 24.5 Å². The fourth-order valence-corrected chi connectivity index (χ4v) is 4.14. The summed E-state index contributed by atoms with van der Waals surface area (Å²) in [5.41, 5.74) is 0.999. The molecule has 0 radical (unpaired) electrons. The Labute approximate surface area is 170 Å². The maximum Gasteiger partial charge on any atom is 0.226 e. The number of aliphatic hydroxyl groups excluding tert-OH is 1. The quantitative estimate of drug-likeness (QED) is 0.748. The third-order valence-electron chi connectivity index (χ3n) is 5.84. The molecule has 0 bridgehead atoms. The van der Waals surface area contributed by atoms with Crippen molar-refractivity contribution in [2.24, 2.45) is 5.92 Å². The average molecular weight is 403 g/mol. The standard InChI is InChI=1S/C21H29N3O5/c25-16-11-24(21(27)15-1-2-15)18-4-3-17(29-19(18)13-28-12-16)9-20(26)23-10-14-5-7-22-8-6-14/h5-8,15-19,25H,1-4,9-13H2,(H,23,26)/t16-,17-,18+,19-/m0/s1. The molecule has 2 amide bonds. The van der Waals surface area contributed by atoms with Gasteiger partial charge < -0.3 is 24.8 Å². The second-order valence-corrected chi connectivity index (χ2v) is 8.23. The minimum absolute atomic E-state index is 0.0571. The van der Waals surface area contributed by atoms with E-state index in [9.17, 15) is 14.7 Å². The van der Waals surface area contributed by atoms with Crippen molar-refractivity contribution in [3.05, 3.63) is 30.1 Å². The van der Waals surface area contributed by atoms with Crippen molar-refractivity contribution < 1.29 is 24.2 Å². The highest BCUT2D eigenvalue weighted by atomic mass is 16.5. The van der Waals surface area contributed by atoms with Crippen molar-refractivity contribution in [1.29, 1.82) is 0 Å². The van der Waals surface area contributed by atoms with Gasteiger partial charge in [-0.15, -0.1) is 0 Å². The van der Waals surface area contributed by atoms with Crippen molar-refractivity contribution in [3.8, 4) is 0 Å². The lowest BCUT2D eigenvalue weighted by molar-refractivity contribution is -0.170. The minimum atomic E-state index is -0.671. The Hall–Kier alpha value is -2.03. The summed E-state index contributed by atoms with van der Waals surface area (Å²) in [7, 11) is 0. The number of aromatic nitrogens is 1. The van der Waals surface area contributed by atoms with Crippen molar-refractivity contribution in [1.82, 2.24) is 15.2 Å². The highest BCUT2D eigenvalue weighted by Gasteiger charge is 2.43. The van der Waals surface area contributed by atoms with Gasteiger partial charge in [-0.1, -0.05) is 0 Å². The van der Waals surface area contributed by atoms with Crippen molar-refractivity contribution in [2.45, 2.75) is 63.0 Å². The van der Waals surface area contributed by atoms with Gasteiger partial charge in [0.25, 0.3) is 0 Å². The number of β-amino-alcohol motifs (C(OH)–C–C–N with tert-alkyl or cyclic N) is 1. The van der Waals surface area contributed by atoms with Crippen LogP contribution in [0.3, 0.4) is 0 Å². The maximum atomic E-state index is 12.8. The van der Waals surface area contributed by atoms with E-state index in [2.05, 4.69) is 10.3 Å². The third kappa shape index (κ3) is 5.32. The number of carbonyl (C=O) groups excluding carboxylic acids is 2. The van der Waals surface area contributed by atoms with Crippen LogP contribution in [0.25, 0.3) is 0 Å². The minimum Gasteiger partial charge on any atom is -0.389 e. The van der Waals surface area contributed by atoms with Gasteiger partial charge in [0.1, 0.15) is 6.10 Å². The van der Waals surface area contributed by atoms with Crippen LogP contribution in [0.5, 0.6) is 0 Å². The average Bonchev–Trinajstić information content (AvgIpc) is 3.55. The normalized spacial score (nSPS) is 30.0. The number of amides is 2. The number of carbonyl (C=O) groups is 2. The number of ether oxygens (including phenoxy) is 2. The van der Waals surface area contributed by atoms with Gasteiger partial charge in [0, 0.05) is 31.4 Å². The molecular weight excluding hydrogens is 374 g/mol. The van der Waals surface area contributed by atoms with Gasteiger partial charge >= 0.3 is 0 Å². The van der Waals surface area contributed by atoms with E-state index in [4.69, 9.17) is 9.47 Å². The number of hydrogen-bond donors (Lipinski definition) is 2. The molecular formula is C21H29N3O5. The van der Waals surface area contributed by atoms with Crippen LogP contribution in [0, 0.1) is 5.92 Å². The van der Waals surface area contributed by atoms with Crippen molar-refractivity contribution in [2.75, 3.05) is 19.8 Å². The molecule has 8 heteroatoms. The van der Waals surface area contributed by atoms with Crippen LogP contribution in [0.1, 0.15) is 37.7 Å². The first-order chi connectivity index (χ1) is 14.1. The van der Waals surface area contributed by atoms with Crippen LogP contribution < -0.4 is 5.32 Å². The van der Waals surface area contributed by atoms with Gasteiger partial charge in [0.05, 0.1) is 37.9 Å². The van der Waals surface area contributed by atoms with E-state index in [1.807, 2.05) is 17.0 Å². The Morgan fingerprint density at radius 1 is 1.17 bits per heavy atom. The van der Waals surface area contributed by atoms with Crippen molar-refractivity contribution >= 4 is 11.8 Å². The molecule has 1 aromatic heterocycles. The first-order valence-corrected chi connectivity index (χ1v) is 10.5. The molecule has 3 aliphatic rings. The van der Waals surface area contributed by atoms with Crippen LogP contribution >= 0.6 is 0 Å². The Bertz CT molecular complexity index is 712. The summed E-state index contributed by atoms with van der Waals surface area (Å²) in [5.74, 6) is 0.163. The van der Waals surface area contributed by atoms with E-state index >= 15 is 0 Å². The van der Waals surface area contributed by atoms with Gasteiger partial charge in [-0.05, 0) is 43.4 Å². The molecule has 8 nitrogen and oxygen atoms in total. The summed E-state index contributed by atoms with van der Waals surface area (Å²) < 4.78 is 11.8. The van der Waals surface area contributed by atoms with Crippen LogP contribution in [-0.4, -0.2) is 70.9 Å². The summed E-state index contributed by atoms with van der Waals surface area (Å²) in [5, 5.41) is 13.1. The Balaban J connectivity index is 1.32. The predicted octanol–water partition coefficient (Wildman–Crippen LogP) is 0.634. The highest BCUT2D eigenvalue weighted by molar-refractivity contribution is 5.81. The van der Waals surface area contributed by atoms with E-state index in [-0.39, 0.29) is 55.6 Å². The van der Waals surface area contributed by atoms with E-state index in [0.717, 1.165) is 24.8 Å². The number of nitrogens with zero attached hydrogens (tertiary/aromatic N) is 2. The number of aliphatic hydroxyl groups is 1. The smallest absolute Gasteiger partial charge is 0.226 e. The molecule has 0 spiro atoms. The van der Waals surface area contributed by atoms with Crippen LogP contribution in [0.2, 0.25) is 0 Å². The summed E-state index contributed by atoms with van der Waals surface area (Å²) in [6, 6.07) is 3.63. The first kappa shape index (κ1) is 20.3. The monoisotopic (exact) mass is 403 g/mol. The number of rotatable bonds is 5. The zero-order valence-electron chi connectivity index (χ0n) is 16.5. The molecule has 2 aliphatic heterocycles. The molecule has 2 saturated heterocycles. The van der Waals surface area contributed by atoms with Gasteiger partial charge in [0.2, 0.25) is 11.8 Å². The second kappa shape index (κ2) is 9.19. The Kier molecular flexibility index (Phi) is 6.42. The maximum absolute atomic E-state index is 12.8. The highest BCUT2D eigenvalue weighted by Crippen LogP contribution is 2.35. The molecule has 1 aromatic rings. The topological polar surface area (TPSA) is 101 Å². The fraction of sp³-hybridized carbons (Fsp3) is 0.667. The predicted molar refractivity (Wildman–Crippen MR) is 104 cm³/mol. The van der Waals surface area contributed by atoms with Gasteiger partial charge in [0.15, 0.2) is 0 Å². The first-order valence-electron chi connectivity index (χ1n) is 10.5. The van der Waals surface area contributed by atoms with E-state index in [1.165, 1.54) is 0 Å². The fourth-order valence-electron chi connectivity index (χ4n) is 4.14. The second-order valence-electron chi connectivity index (χ2n) is 8.23. The lowest BCUT2D eigenvalue weighted by Gasteiger charge is -2.44. The number of hydrogen-bond acceptors (Lipinski definition) is 6. The van der Waals surface area contributed by atoms with E-state index in [1.54, 1.807) is 12.4 Å². The van der Waals surface area contributed by atoms with Crippen LogP contribution in [-0.2, 0) is 25.6 Å². The molecule has 3 fully saturated rings. The molecule has 158 valence electrons.